The number of carbonyl (C=O) groups excluding carboxylic acids is 1. The number of nitrogens with zero attached hydrogens (tertiary/aromatic N) is 1. The molecule has 2 N–H and O–H groups in total. The third-order valence-corrected chi connectivity index (χ3v) is 3.34. The largest absolute Gasteiger partial charge is 0.481 e. The Bertz CT molecular complexity index is 550. The third kappa shape index (κ3) is 3.91. The molecule has 0 radical (unpaired) electrons. The van der Waals surface area contributed by atoms with Crippen molar-refractivity contribution in [2.45, 2.75) is 19.4 Å². The molecule has 1 fully saturated rings. The summed E-state index contributed by atoms with van der Waals surface area (Å²) in [5, 5.41) is 11.5. The van der Waals surface area contributed by atoms with E-state index in [0.29, 0.717) is 18.8 Å². The molecular weight excluding hydrogens is 279 g/mol. The fourth-order valence-electron chi connectivity index (χ4n) is 2.21. The number of aliphatic carboxylic acids is 1. The highest BCUT2D eigenvalue weighted by atomic mass is 19.1. The fourth-order valence-corrected chi connectivity index (χ4v) is 2.21. The zero-order valence-electron chi connectivity index (χ0n) is 11.6. The molecule has 114 valence electrons. The van der Waals surface area contributed by atoms with Crippen LogP contribution in [-0.4, -0.2) is 47.8 Å². The van der Waals surface area contributed by atoms with Gasteiger partial charge in [0.2, 0.25) is 0 Å². The highest BCUT2D eigenvalue weighted by Gasteiger charge is 2.29. The van der Waals surface area contributed by atoms with Crippen LogP contribution in [0.2, 0.25) is 0 Å². The number of aryl methyl sites for hydroxylation is 1. The van der Waals surface area contributed by atoms with Gasteiger partial charge in [-0.1, -0.05) is 6.07 Å². The number of benzene rings is 1. The van der Waals surface area contributed by atoms with Crippen molar-refractivity contribution < 1.29 is 23.8 Å². The Hall–Kier alpha value is -2.15. The first kappa shape index (κ1) is 15.2. The zero-order chi connectivity index (χ0) is 15.4. The second-order valence-electron chi connectivity index (χ2n) is 4.91. The molecule has 7 heteroatoms. The maximum Gasteiger partial charge on any atom is 0.322 e. The van der Waals surface area contributed by atoms with Gasteiger partial charge in [0.15, 0.2) is 0 Å². The van der Waals surface area contributed by atoms with Gasteiger partial charge in [0.05, 0.1) is 25.7 Å². The minimum atomic E-state index is -0.995. The first-order valence-electron chi connectivity index (χ1n) is 6.60. The quantitative estimate of drug-likeness (QED) is 0.892. The van der Waals surface area contributed by atoms with Crippen molar-refractivity contribution in [3.05, 3.63) is 29.6 Å². The average molecular weight is 296 g/mol. The molecule has 6 nitrogen and oxygen atoms in total. The fraction of sp³-hybridized carbons (Fsp3) is 0.429. The summed E-state index contributed by atoms with van der Waals surface area (Å²) >= 11 is 0. The summed E-state index contributed by atoms with van der Waals surface area (Å²) in [7, 11) is 0. The number of hydrogen-bond acceptors (Lipinski definition) is 3. The van der Waals surface area contributed by atoms with E-state index in [0.717, 1.165) is 5.56 Å². The van der Waals surface area contributed by atoms with Crippen LogP contribution >= 0.6 is 0 Å². The minimum absolute atomic E-state index is 0.182. The molecule has 1 saturated heterocycles. The van der Waals surface area contributed by atoms with Gasteiger partial charge in [0.1, 0.15) is 5.82 Å². The van der Waals surface area contributed by atoms with E-state index in [-0.39, 0.29) is 13.0 Å². The molecular formula is C14H17FN2O4. The van der Waals surface area contributed by atoms with E-state index in [4.69, 9.17) is 9.84 Å². The number of anilines is 1. The summed E-state index contributed by atoms with van der Waals surface area (Å²) in [5.41, 5.74) is 1.10. The monoisotopic (exact) mass is 296 g/mol. The van der Waals surface area contributed by atoms with E-state index >= 15 is 0 Å². The number of carbonyl (C=O) groups is 2. The summed E-state index contributed by atoms with van der Waals surface area (Å²) in [4.78, 5) is 24.5. The first-order valence-corrected chi connectivity index (χ1v) is 6.60. The molecule has 0 aromatic heterocycles. The SMILES string of the molecule is Cc1ccc(F)cc1NC(=O)N1CCOCC1CC(=O)O. The number of carboxylic acid groups (broad SMARTS) is 1. The molecule has 1 atom stereocenters. The summed E-state index contributed by atoms with van der Waals surface area (Å²) in [5.74, 6) is -1.44. The molecule has 0 saturated carbocycles. The number of amides is 2. The first-order chi connectivity index (χ1) is 9.97. The van der Waals surface area contributed by atoms with E-state index in [1.165, 1.54) is 17.0 Å². The Labute approximate surface area is 121 Å². The maximum atomic E-state index is 13.2. The number of rotatable bonds is 3. The Morgan fingerprint density at radius 2 is 2.29 bits per heavy atom. The topological polar surface area (TPSA) is 78.9 Å². The summed E-state index contributed by atoms with van der Waals surface area (Å²) in [6.45, 7) is 2.59. The van der Waals surface area contributed by atoms with Gasteiger partial charge in [0, 0.05) is 12.2 Å². The predicted molar refractivity (Wildman–Crippen MR) is 73.7 cm³/mol. The van der Waals surface area contributed by atoms with Crippen LogP contribution in [0, 0.1) is 12.7 Å². The lowest BCUT2D eigenvalue weighted by Crippen LogP contribution is -2.51. The zero-order valence-corrected chi connectivity index (χ0v) is 11.6. The minimum Gasteiger partial charge on any atom is -0.481 e. The van der Waals surface area contributed by atoms with Crippen molar-refractivity contribution in [3.63, 3.8) is 0 Å². The van der Waals surface area contributed by atoms with Crippen molar-refractivity contribution in [1.82, 2.24) is 4.90 Å². The Kier molecular flexibility index (Phi) is 4.74. The molecule has 0 bridgehead atoms. The van der Waals surface area contributed by atoms with Gasteiger partial charge >= 0.3 is 12.0 Å². The Morgan fingerprint density at radius 1 is 1.52 bits per heavy atom. The van der Waals surface area contributed by atoms with Crippen molar-refractivity contribution in [3.8, 4) is 0 Å². The standard InChI is InChI=1S/C14H17FN2O4/c1-9-2-3-10(15)6-12(9)16-14(20)17-4-5-21-8-11(17)7-13(18)19/h2-3,6,11H,4-5,7-8H2,1H3,(H,16,20)(H,18,19). The second-order valence-corrected chi connectivity index (χ2v) is 4.91. The number of carboxylic acids is 1. The lowest BCUT2D eigenvalue weighted by molar-refractivity contribution is -0.139. The lowest BCUT2D eigenvalue weighted by atomic mass is 10.1. The van der Waals surface area contributed by atoms with E-state index in [9.17, 15) is 14.0 Å². The van der Waals surface area contributed by atoms with Crippen LogP contribution in [0.3, 0.4) is 0 Å². The van der Waals surface area contributed by atoms with Crippen LogP contribution in [0.4, 0.5) is 14.9 Å². The Balaban J connectivity index is 2.10. The van der Waals surface area contributed by atoms with Gasteiger partial charge < -0.3 is 20.1 Å². The number of hydrogen-bond donors (Lipinski definition) is 2. The molecule has 1 aromatic carbocycles. The van der Waals surface area contributed by atoms with Crippen molar-refractivity contribution in [2.75, 3.05) is 25.1 Å². The molecule has 1 unspecified atom stereocenters. The van der Waals surface area contributed by atoms with Gasteiger partial charge in [-0.2, -0.15) is 0 Å². The average Bonchev–Trinajstić information content (AvgIpc) is 2.42. The van der Waals surface area contributed by atoms with Gasteiger partial charge in [-0.25, -0.2) is 9.18 Å². The number of ether oxygens (including phenoxy) is 1. The van der Waals surface area contributed by atoms with Crippen molar-refractivity contribution in [1.29, 1.82) is 0 Å². The Morgan fingerprint density at radius 3 is 3.00 bits per heavy atom. The van der Waals surface area contributed by atoms with Crippen LogP contribution in [-0.2, 0) is 9.53 Å². The molecule has 1 aliphatic rings. The van der Waals surface area contributed by atoms with Crippen LogP contribution < -0.4 is 5.32 Å². The van der Waals surface area contributed by atoms with Gasteiger partial charge in [-0.15, -0.1) is 0 Å². The molecule has 0 spiro atoms. The number of morpholine rings is 1. The van der Waals surface area contributed by atoms with E-state index in [1.807, 2.05) is 0 Å². The molecule has 1 aromatic rings. The normalized spacial score (nSPS) is 18.4. The van der Waals surface area contributed by atoms with Gasteiger partial charge in [-0.3, -0.25) is 4.79 Å². The number of halogens is 1. The van der Waals surface area contributed by atoms with E-state index in [2.05, 4.69) is 5.32 Å². The molecule has 1 heterocycles. The molecule has 2 amide bonds. The number of nitrogens with one attached hydrogen (secondary N) is 1. The molecule has 2 rings (SSSR count). The molecule has 0 aliphatic carbocycles. The summed E-state index contributed by atoms with van der Waals surface area (Å²) < 4.78 is 18.4. The van der Waals surface area contributed by atoms with Crippen molar-refractivity contribution in [2.24, 2.45) is 0 Å². The van der Waals surface area contributed by atoms with Crippen LogP contribution in [0.25, 0.3) is 0 Å². The van der Waals surface area contributed by atoms with Crippen molar-refractivity contribution >= 4 is 17.7 Å². The summed E-state index contributed by atoms with van der Waals surface area (Å²) in [6, 6.07) is 3.15. The predicted octanol–water partition coefficient (Wildman–Crippen LogP) is 1.84. The van der Waals surface area contributed by atoms with Gasteiger partial charge in [0.25, 0.3) is 0 Å². The van der Waals surface area contributed by atoms with Crippen LogP contribution in [0.1, 0.15) is 12.0 Å². The smallest absolute Gasteiger partial charge is 0.322 e. The lowest BCUT2D eigenvalue weighted by Gasteiger charge is -2.34. The summed E-state index contributed by atoms with van der Waals surface area (Å²) in [6.07, 6.45) is -0.185. The maximum absolute atomic E-state index is 13.2. The third-order valence-electron chi connectivity index (χ3n) is 3.34. The van der Waals surface area contributed by atoms with Gasteiger partial charge in [-0.05, 0) is 24.6 Å². The van der Waals surface area contributed by atoms with E-state index < -0.39 is 23.9 Å². The van der Waals surface area contributed by atoms with E-state index in [1.54, 1.807) is 13.0 Å². The van der Waals surface area contributed by atoms with Crippen LogP contribution in [0.5, 0.6) is 0 Å². The molecule has 21 heavy (non-hydrogen) atoms. The van der Waals surface area contributed by atoms with Crippen LogP contribution in [0.15, 0.2) is 18.2 Å². The second kappa shape index (κ2) is 6.53. The number of urea groups is 1. The molecule has 1 aliphatic heterocycles. The highest BCUT2D eigenvalue weighted by Crippen LogP contribution is 2.18. The highest BCUT2D eigenvalue weighted by molar-refractivity contribution is 5.90.